The number of aromatic nitrogens is 2. The Kier molecular flexibility index (Phi) is 3.59. The summed E-state index contributed by atoms with van der Waals surface area (Å²) >= 11 is 6.30. The highest BCUT2D eigenvalue weighted by atomic mass is 35.5. The van der Waals surface area contributed by atoms with Crippen molar-refractivity contribution in [3.8, 4) is 5.75 Å². The summed E-state index contributed by atoms with van der Waals surface area (Å²) in [7, 11) is 3.44. The molecule has 0 bridgehead atoms. The van der Waals surface area contributed by atoms with Gasteiger partial charge in [-0.25, -0.2) is 0 Å². The van der Waals surface area contributed by atoms with Crippen molar-refractivity contribution in [3.63, 3.8) is 0 Å². The van der Waals surface area contributed by atoms with Gasteiger partial charge in [0.05, 0.1) is 19.3 Å². The van der Waals surface area contributed by atoms with Crippen LogP contribution < -0.4 is 10.5 Å². The van der Waals surface area contributed by atoms with Crippen molar-refractivity contribution in [1.82, 2.24) is 9.78 Å². The molecule has 4 nitrogen and oxygen atoms in total. The van der Waals surface area contributed by atoms with E-state index < -0.39 is 0 Å². The fourth-order valence-corrected chi connectivity index (χ4v) is 2.24. The molecular weight excluding hydrogens is 250 g/mol. The number of benzene rings is 1. The quantitative estimate of drug-likeness (QED) is 0.927. The van der Waals surface area contributed by atoms with E-state index in [9.17, 15) is 0 Å². The molecule has 18 heavy (non-hydrogen) atoms. The molecule has 2 rings (SSSR count). The van der Waals surface area contributed by atoms with Gasteiger partial charge in [-0.3, -0.25) is 4.68 Å². The summed E-state index contributed by atoms with van der Waals surface area (Å²) in [6.45, 7) is 1.96. The second-order valence-electron chi connectivity index (χ2n) is 4.18. The van der Waals surface area contributed by atoms with Crippen LogP contribution in [-0.4, -0.2) is 16.9 Å². The van der Waals surface area contributed by atoms with Crippen LogP contribution in [0.2, 0.25) is 5.02 Å². The molecule has 5 heteroatoms. The van der Waals surface area contributed by atoms with Crippen LogP contribution in [0, 0.1) is 6.92 Å². The van der Waals surface area contributed by atoms with Crippen LogP contribution in [-0.2, 0) is 7.05 Å². The number of methoxy groups -OCH3 is 1. The maximum atomic E-state index is 6.30. The molecule has 1 heterocycles. The van der Waals surface area contributed by atoms with Gasteiger partial charge in [-0.2, -0.15) is 5.10 Å². The third kappa shape index (κ3) is 2.09. The number of hydrogen-bond acceptors (Lipinski definition) is 3. The molecule has 0 aliphatic heterocycles. The molecule has 96 valence electrons. The van der Waals surface area contributed by atoms with E-state index in [0.717, 1.165) is 16.8 Å². The van der Waals surface area contributed by atoms with Crippen LogP contribution in [0.25, 0.3) is 0 Å². The van der Waals surface area contributed by atoms with Crippen LogP contribution in [0.15, 0.2) is 24.4 Å². The average Bonchev–Trinajstić information content (AvgIpc) is 2.73. The summed E-state index contributed by atoms with van der Waals surface area (Å²) < 4.78 is 6.98. The van der Waals surface area contributed by atoms with E-state index in [-0.39, 0.29) is 6.04 Å². The van der Waals surface area contributed by atoms with Gasteiger partial charge in [0.15, 0.2) is 5.75 Å². The van der Waals surface area contributed by atoms with Gasteiger partial charge in [0.25, 0.3) is 0 Å². The summed E-state index contributed by atoms with van der Waals surface area (Å²) in [6.07, 6.45) is 1.65. The normalized spacial score (nSPS) is 12.5. The zero-order valence-corrected chi connectivity index (χ0v) is 11.4. The zero-order valence-electron chi connectivity index (χ0n) is 10.6. The van der Waals surface area contributed by atoms with Gasteiger partial charge in [0.2, 0.25) is 0 Å². The first kappa shape index (κ1) is 12.9. The topological polar surface area (TPSA) is 53.1 Å². The Labute approximate surface area is 111 Å². The van der Waals surface area contributed by atoms with Gasteiger partial charge in [-0.05, 0) is 18.1 Å². The predicted octanol–water partition coefficient (Wildman–Crippen LogP) is 2.44. The van der Waals surface area contributed by atoms with E-state index >= 15 is 0 Å². The Balaban J connectivity index is 2.51. The lowest BCUT2D eigenvalue weighted by Gasteiger charge is -2.16. The molecule has 2 aromatic rings. The van der Waals surface area contributed by atoms with Crippen molar-refractivity contribution >= 4 is 11.6 Å². The van der Waals surface area contributed by atoms with Crippen molar-refractivity contribution in [2.24, 2.45) is 12.8 Å². The van der Waals surface area contributed by atoms with Gasteiger partial charge < -0.3 is 10.5 Å². The molecule has 0 spiro atoms. The molecule has 1 atom stereocenters. The summed E-state index contributed by atoms with van der Waals surface area (Å²) in [5.41, 5.74) is 8.97. The van der Waals surface area contributed by atoms with Gasteiger partial charge in [-0.1, -0.05) is 29.8 Å². The highest BCUT2D eigenvalue weighted by Gasteiger charge is 2.21. The van der Waals surface area contributed by atoms with E-state index in [4.69, 9.17) is 22.1 Å². The van der Waals surface area contributed by atoms with Crippen LogP contribution in [0.1, 0.15) is 22.9 Å². The fourth-order valence-electron chi connectivity index (χ4n) is 2.00. The Bertz CT molecular complexity index is 565. The second kappa shape index (κ2) is 5.00. The van der Waals surface area contributed by atoms with Gasteiger partial charge in [0, 0.05) is 12.1 Å². The van der Waals surface area contributed by atoms with E-state index in [1.165, 1.54) is 0 Å². The molecule has 0 radical (unpaired) electrons. The number of rotatable bonds is 3. The summed E-state index contributed by atoms with van der Waals surface area (Å²) in [5, 5.41) is 4.84. The van der Waals surface area contributed by atoms with E-state index in [1.54, 1.807) is 18.0 Å². The Hall–Kier alpha value is -1.52. The molecule has 0 aliphatic carbocycles. The van der Waals surface area contributed by atoms with Gasteiger partial charge >= 0.3 is 0 Å². The van der Waals surface area contributed by atoms with Crippen molar-refractivity contribution < 1.29 is 4.74 Å². The van der Waals surface area contributed by atoms with Crippen molar-refractivity contribution in [2.45, 2.75) is 13.0 Å². The van der Waals surface area contributed by atoms with Crippen LogP contribution in [0.4, 0.5) is 0 Å². The monoisotopic (exact) mass is 265 g/mol. The maximum absolute atomic E-state index is 6.30. The Morgan fingerprint density at radius 3 is 2.83 bits per heavy atom. The van der Waals surface area contributed by atoms with Crippen molar-refractivity contribution in [1.29, 1.82) is 0 Å². The fraction of sp³-hybridized carbons (Fsp3) is 0.308. The van der Waals surface area contributed by atoms with Gasteiger partial charge in [0.1, 0.15) is 5.69 Å². The first-order valence-corrected chi connectivity index (χ1v) is 6.00. The minimum atomic E-state index is -0.361. The lowest BCUT2D eigenvalue weighted by atomic mass is 10.0. The highest BCUT2D eigenvalue weighted by molar-refractivity contribution is 6.32. The van der Waals surface area contributed by atoms with Crippen LogP contribution in [0.3, 0.4) is 0 Å². The molecule has 0 amide bonds. The lowest BCUT2D eigenvalue weighted by molar-refractivity contribution is 0.406. The third-order valence-electron chi connectivity index (χ3n) is 3.02. The van der Waals surface area contributed by atoms with Crippen LogP contribution in [0.5, 0.6) is 5.75 Å². The molecule has 0 saturated heterocycles. The minimum absolute atomic E-state index is 0.361. The van der Waals surface area contributed by atoms with Crippen LogP contribution >= 0.6 is 11.6 Å². The molecule has 2 N–H and O–H groups in total. The molecule has 0 aliphatic rings. The number of aryl methyl sites for hydroxylation is 2. The largest absolute Gasteiger partial charge is 0.493 e. The summed E-state index contributed by atoms with van der Waals surface area (Å²) in [6, 6.07) is 5.46. The zero-order chi connectivity index (χ0) is 13.3. The Morgan fingerprint density at radius 2 is 2.17 bits per heavy atom. The standard InChI is InChI=1S/C13H16ClN3O/c1-8-5-4-6-9(11(8)14)12(15)13-10(18-3)7-16-17(13)2/h4-7,12H,15H2,1-3H3. The molecule has 0 saturated carbocycles. The molecular formula is C13H16ClN3O. The molecule has 0 fully saturated rings. The molecule has 1 unspecified atom stereocenters. The number of nitrogens with zero attached hydrogens (tertiary/aromatic N) is 2. The predicted molar refractivity (Wildman–Crippen MR) is 72.0 cm³/mol. The number of hydrogen-bond donors (Lipinski definition) is 1. The first-order valence-electron chi connectivity index (χ1n) is 5.62. The second-order valence-corrected chi connectivity index (χ2v) is 4.56. The minimum Gasteiger partial charge on any atom is -0.493 e. The van der Waals surface area contributed by atoms with E-state index in [2.05, 4.69) is 5.10 Å². The smallest absolute Gasteiger partial charge is 0.161 e. The number of ether oxygens (including phenoxy) is 1. The highest BCUT2D eigenvalue weighted by Crippen LogP contribution is 2.32. The lowest BCUT2D eigenvalue weighted by Crippen LogP contribution is -2.17. The molecule has 1 aromatic heterocycles. The van der Waals surface area contributed by atoms with Crippen molar-refractivity contribution in [3.05, 3.63) is 46.2 Å². The summed E-state index contributed by atoms with van der Waals surface area (Å²) in [5.74, 6) is 0.669. The SMILES string of the molecule is COc1cnn(C)c1C(N)c1cccc(C)c1Cl. The first-order chi connectivity index (χ1) is 8.56. The number of nitrogens with two attached hydrogens (primary N) is 1. The van der Waals surface area contributed by atoms with Gasteiger partial charge in [-0.15, -0.1) is 0 Å². The average molecular weight is 266 g/mol. The Morgan fingerprint density at radius 1 is 1.44 bits per heavy atom. The van der Waals surface area contributed by atoms with Crippen molar-refractivity contribution in [2.75, 3.05) is 7.11 Å². The number of halogens is 1. The van der Waals surface area contributed by atoms with E-state index in [1.807, 2.05) is 32.2 Å². The molecule has 1 aromatic carbocycles. The maximum Gasteiger partial charge on any atom is 0.161 e. The van der Waals surface area contributed by atoms with E-state index in [0.29, 0.717) is 10.8 Å². The third-order valence-corrected chi connectivity index (χ3v) is 3.54. The summed E-state index contributed by atoms with van der Waals surface area (Å²) in [4.78, 5) is 0.